The fraction of sp³-hybridized carbons (Fsp3) is 0.481. The lowest BCUT2D eigenvalue weighted by Gasteiger charge is -2.50. The van der Waals surface area contributed by atoms with Gasteiger partial charge in [0.15, 0.2) is 5.67 Å². The molecule has 1 amide bonds. The molecule has 12 heteroatoms. The third-order valence-electron chi connectivity index (χ3n) is 7.50. The van der Waals surface area contributed by atoms with Crippen LogP contribution in [0.3, 0.4) is 0 Å². The van der Waals surface area contributed by atoms with Gasteiger partial charge in [0.2, 0.25) is 5.89 Å². The van der Waals surface area contributed by atoms with E-state index in [1.807, 2.05) is 0 Å². The Bertz CT molecular complexity index is 1290. The highest BCUT2D eigenvalue weighted by Gasteiger charge is 2.47. The van der Waals surface area contributed by atoms with Gasteiger partial charge in [-0.25, -0.2) is 8.78 Å². The van der Waals surface area contributed by atoms with Crippen LogP contribution in [0.15, 0.2) is 47.0 Å². The first kappa shape index (κ1) is 27.2. The Hall–Kier alpha value is -3.38. The first-order chi connectivity index (χ1) is 18.6. The Balaban J connectivity index is 1.31. The highest BCUT2D eigenvalue weighted by atomic mass is 19.3. The Kier molecular flexibility index (Phi) is 7.68. The second-order valence-corrected chi connectivity index (χ2v) is 10.4. The number of anilines is 1. The molecule has 1 aromatic carbocycles. The van der Waals surface area contributed by atoms with Crippen molar-refractivity contribution in [2.75, 3.05) is 31.1 Å². The third kappa shape index (κ3) is 5.81. The molecule has 0 radical (unpaired) electrons. The number of nitrogens with zero attached hydrogens (tertiary/aromatic N) is 6. The van der Waals surface area contributed by atoms with E-state index in [1.165, 1.54) is 35.4 Å². The van der Waals surface area contributed by atoms with Gasteiger partial charge in [0.05, 0.1) is 17.8 Å². The molecule has 0 bridgehead atoms. The van der Waals surface area contributed by atoms with Gasteiger partial charge in [-0.05, 0) is 44.2 Å². The van der Waals surface area contributed by atoms with Gasteiger partial charge in [-0.3, -0.25) is 19.6 Å². The molecule has 2 aromatic heterocycles. The van der Waals surface area contributed by atoms with Crippen molar-refractivity contribution in [3.8, 4) is 11.5 Å². The number of carbonyl (C=O) groups excluding carboxylic acids is 1. The molecule has 2 aliphatic heterocycles. The molecular formula is C27H30F4N6O2. The van der Waals surface area contributed by atoms with E-state index >= 15 is 4.39 Å². The average molecular weight is 547 g/mol. The van der Waals surface area contributed by atoms with Gasteiger partial charge in [-0.2, -0.15) is 8.78 Å². The summed E-state index contributed by atoms with van der Waals surface area (Å²) in [6.07, 6.45) is -1.46. The number of hydrogen-bond acceptors (Lipinski definition) is 7. The second-order valence-electron chi connectivity index (χ2n) is 10.4. The van der Waals surface area contributed by atoms with Crippen molar-refractivity contribution < 1.29 is 26.8 Å². The molecule has 0 spiro atoms. The van der Waals surface area contributed by atoms with Crippen LogP contribution in [-0.2, 0) is 11.3 Å². The maximum Gasteiger partial charge on any atom is 0.314 e. The molecule has 5 rings (SSSR count). The number of alkyl halides is 3. The van der Waals surface area contributed by atoms with Crippen LogP contribution in [0.25, 0.3) is 11.5 Å². The van der Waals surface area contributed by atoms with Crippen molar-refractivity contribution in [2.45, 2.75) is 57.4 Å². The van der Waals surface area contributed by atoms with Crippen LogP contribution in [0.2, 0.25) is 0 Å². The van der Waals surface area contributed by atoms with Crippen molar-refractivity contribution in [3.05, 3.63) is 60.0 Å². The second kappa shape index (κ2) is 11.0. The molecule has 2 saturated heterocycles. The summed E-state index contributed by atoms with van der Waals surface area (Å²) in [5, 5.41) is 6.90. The molecule has 2 fully saturated rings. The zero-order valence-corrected chi connectivity index (χ0v) is 21.7. The van der Waals surface area contributed by atoms with Crippen LogP contribution < -0.4 is 4.90 Å². The Morgan fingerprint density at radius 3 is 2.49 bits per heavy atom. The zero-order chi connectivity index (χ0) is 27.7. The predicted molar refractivity (Wildman–Crippen MR) is 135 cm³/mol. The minimum absolute atomic E-state index is 0.0474. The fourth-order valence-corrected chi connectivity index (χ4v) is 5.01. The molecule has 4 heterocycles. The third-order valence-corrected chi connectivity index (χ3v) is 7.50. The molecule has 0 unspecified atom stereocenters. The largest absolute Gasteiger partial charge is 0.415 e. The van der Waals surface area contributed by atoms with E-state index in [0.717, 1.165) is 13.1 Å². The van der Waals surface area contributed by atoms with Gasteiger partial charge in [0.1, 0.15) is 5.82 Å². The Labute approximate surface area is 223 Å². The Morgan fingerprint density at radius 1 is 1.15 bits per heavy atom. The minimum Gasteiger partial charge on any atom is -0.415 e. The first-order valence-corrected chi connectivity index (χ1v) is 12.9. The van der Waals surface area contributed by atoms with E-state index in [9.17, 15) is 18.0 Å². The average Bonchev–Trinajstić information content (AvgIpc) is 3.38. The maximum atomic E-state index is 16.2. The topological polar surface area (TPSA) is 78.6 Å². The van der Waals surface area contributed by atoms with E-state index in [0.29, 0.717) is 36.4 Å². The molecule has 39 heavy (non-hydrogen) atoms. The molecule has 0 saturated carbocycles. The van der Waals surface area contributed by atoms with Gasteiger partial charge < -0.3 is 9.32 Å². The number of benzene rings is 1. The van der Waals surface area contributed by atoms with E-state index in [2.05, 4.69) is 38.8 Å². The highest BCUT2D eigenvalue weighted by molar-refractivity contribution is 5.99. The standard InChI is InChI=1S/C27H30F4N6O2/c1-17(2)36-15-22(16-36)35-10-8-27(31,9-11-35)26(38)37(21-5-3-4-19(28)12-21)14-20-7-6-18(13-32-20)24-33-34-25(39-24)23(29)30/h3-7,12-13,17,22-23H,8-11,14-16H2,1-2H3. The van der Waals surface area contributed by atoms with Crippen molar-refractivity contribution >= 4 is 11.6 Å². The number of hydrogen-bond donors (Lipinski definition) is 0. The van der Waals surface area contributed by atoms with E-state index < -0.39 is 29.7 Å². The number of pyridine rings is 1. The number of aromatic nitrogens is 3. The Morgan fingerprint density at radius 2 is 1.90 bits per heavy atom. The summed E-state index contributed by atoms with van der Waals surface area (Å²) >= 11 is 0. The maximum absolute atomic E-state index is 16.2. The number of rotatable bonds is 8. The molecule has 3 aromatic rings. The summed E-state index contributed by atoms with van der Waals surface area (Å²) in [6.45, 7) is 6.99. The summed E-state index contributed by atoms with van der Waals surface area (Å²) < 4.78 is 60.8. The van der Waals surface area contributed by atoms with Crippen LogP contribution in [0, 0.1) is 5.82 Å². The predicted octanol–water partition coefficient (Wildman–Crippen LogP) is 4.64. The molecule has 0 atom stereocenters. The van der Waals surface area contributed by atoms with Gasteiger partial charge in [-0.1, -0.05) is 6.07 Å². The summed E-state index contributed by atoms with van der Waals surface area (Å²) in [4.78, 5) is 23.8. The minimum atomic E-state index is -2.90. The van der Waals surface area contributed by atoms with E-state index in [-0.39, 0.29) is 31.0 Å². The van der Waals surface area contributed by atoms with Crippen molar-refractivity contribution in [1.29, 1.82) is 0 Å². The quantitative estimate of drug-likeness (QED) is 0.381. The van der Waals surface area contributed by atoms with Gasteiger partial charge in [0.25, 0.3) is 11.8 Å². The lowest BCUT2D eigenvalue weighted by molar-refractivity contribution is -0.134. The number of piperidine rings is 1. The molecular weight excluding hydrogens is 516 g/mol. The van der Waals surface area contributed by atoms with E-state index in [1.54, 1.807) is 12.1 Å². The number of likely N-dealkylation sites (tertiary alicyclic amines) is 2. The van der Waals surface area contributed by atoms with E-state index in [4.69, 9.17) is 4.42 Å². The van der Waals surface area contributed by atoms with Crippen molar-refractivity contribution in [1.82, 2.24) is 25.0 Å². The number of amides is 1. The number of carbonyl (C=O) groups is 1. The van der Waals surface area contributed by atoms with Crippen LogP contribution in [-0.4, -0.2) is 74.8 Å². The first-order valence-electron chi connectivity index (χ1n) is 12.9. The van der Waals surface area contributed by atoms with Gasteiger partial charge >= 0.3 is 6.43 Å². The molecule has 0 aliphatic carbocycles. The summed E-state index contributed by atoms with van der Waals surface area (Å²) in [7, 11) is 0. The van der Waals surface area contributed by atoms with Crippen LogP contribution in [0.4, 0.5) is 23.2 Å². The number of halogens is 4. The summed E-state index contributed by atoms with van der Waals surface area (Å²) in [5.74, 6) is -2.22. The monoisotopic (exact) mass is 546 g/mol. The SMILES string of the molecule is CC(C)N1CC(N2CCC(F)(C(=O)N(Cc3ccc(-c4nnc(C(F)F)o4)cn3)c3cccc(F)c3)CC2)C1. The van der Waals surface area contributed by atoms with Crippen molar-refractivity contribution in [3.63, 3.8) is 0 Å². The molecule has 8 nitrogen and oxygen atoms in total. The van der Waals surface area contributed by atoms with Gasteiger partial charge in [-0.15, -0.1) is 10.2 Å². The van der Waals surface area contributed by atoms with Gasteiger partial charge in [0, 0.05) is 63.0 Å². The lowest BCUT2D eigenvalue weighted by Crippen LogP contribution is -2.64. The molecule has 2 aliphatic rings. The van der Waals surface area contributed by atoms with Crippen LogP contribution in [0.5, 0.6) is 0 Å². The van der Waals surface area contributed by atoms with Crippen LogP contribution >= 0.6 is 0 Å². The molecule has 0 N–H and O–H groups in total. The van der Waals surface area contributed by atoms with Crippen LogP contribution in [0.1, 0.15) is 44.7 Å². The zero-order valence-electron chi connectivity index (χ0n) is 21.7. The lowest BCUT2D eigenvalue weighted by atomic mass is 9.89. The normalized spacial score (nSPS) is 18.5. The molecule has 208 valence electrons. The highest BCUT2D eigenvalue weighted by Crippen LogP contribution is 2.34. The fourth-order valence-electron chi connectivity index (χ4n) is 5.01. The summed E-state index contributed by atoms with van der Waals surface area (Å²) in [6, 6.07) is 9.36. The summed E-state index contributed by atoms with van der Waals surface area (Å²) in [5.41, 5.74) is -1.19. The smallest absolute Gasteiger partial charge is 0.314 e. The van der Waals surface area contributed by atoms with Crippen molar-refractivity contribution in [2.24, 2.45) is 0 Å².